The Hall–Kier alpha value is -3.40. The molecule has 1 saturated heterocycles. The van der Waals surface area contributed by atoms with Gasteiger partial charge in [-0.15, -0.1) is 0 Å². The number of aromatic nitrogens is 4. The standard InChI is InChI=1S/C22H23ClN6O4/c1-4-13-10-33-21(31)29(13)20-25-11(2)24-19(27-20)28-22(7-8-22)14-9-12-5-6-15(32-3)16(23)17(12)26-18(14)30/h5-6,9,13H,4,7-8,10H2,1-3H3,(H,26,30)(H,24,25,27,28)/t13-/m0/s1. The summed E-state index contributed by atoms with van der Waals surface area (Å²) in [5.41, 5.74) is 0.234. The summed E-state index contributed by atoms with van der Waals surface area (Å²) in [6.07, 6.45) is 1.70. The number of ether oxygens (including phenoxy) is 2. The number of H-pyrrole nitrogens is 1. The van der Waals surface area contributed by atoms with Gasteiger partial charge in [-0.05, 0) is 44.4 Å². The molecule has 1 atom stereocenters. The third kappa shape index (κ3) is 3.64. The fraction of sp³-hybridized carbons (Fsp3) is 0.409. The van der Waals surface area contributed by atoms with E-state index in [1.54, 1.807) is 13.0 Å². The van der Waals surface area contributed by atoms with E-state index in [0.717, 1.165) is 18.2 Å². The Morgan fingerprint density at radius 3 is 2.79 bits per heavy atom. The number of halogens is 1. The molecular formula is C22H23ClN6O4. The lowest BCUT2D eigenvalue weighted by Gasteiger charge is -2.21. The molecule has 0 bridgehead atoms. The molecule has 172 valence electrons. The van der Waals surface area contributed by atoms with Crippen molar-refractivity contribution < 1.29 is 14.3 Å². The van der Waals surface area contributed by atoms with Crippen molar-refractivity contribution in [2.75, 3.05) is 23.9 Å². The molecule has 0 radical (unpaired) electrons. The van der Waals surface area contributed by atoms with Crippen molar-refractivity contribution in [3.63, 3.8) is 0 Å². The number of nitrogens with zero attached hydrogens (tertiary/aromatic N) is 4. The van der Waals surface area contributed by atoms with Crippen molar-refractivity contribution in [2.45, 2.75) is 44.7 Å². The first kappa shape index (κ1) is 21.4. The van der Waals surface area contributed by atoms with E-state index in [2.05, 4.69) is 25.3 Å². The Kier molecular flexibility index (Phi) is 5.12. The number of carbonyl (C=O) groups is 1. The molecule has 3 heterocycles. The number of fused-ring (bicyclic) bond motifs is 1. The molecule has 33 heavy (non-hydrogen) atoms. The first-order chi connectivity index (χ1) is 15.8. The van der Waals surface area contributed by atoms with Crippen LogP contribution in [-0.2, 0) is 10.3 Å². The Morgan fingerprint density at radius 1 is 1.30 bits per heavy atom. The fourth-order valence-electron chi connectivity index (χ4n) is 4.17. The number of hydrogen-bond acceptors (Lipinski definition) is 8. The number of aryl methyl sites for hydroxylation is 1. The van der Waals surface area contributed by atoms with Gasteiger partial charge in [-0.3, -0.25) is 4.79 Å². The predicted molar refractivity (Wildman–Crippen MR) is 123 cm³/mol. The van der Waals surface area contributed by atoms with E-state index >= 15 is 0 Å². The van der Waals surface area contributed by atoms with Gasteiger partial charge in [0.25, 0.3) is 5.56 Å². The minimum atomic E-state index is -0.616. The zero-order valence-corrected chi connectivity index (χ0v) is 19.2. The average Bonchev–Trinajstić information content (AvgIpc) is 3.46. The van der Waals surface area contributed by atoms with Crippen molar-refractivity contribution in [3.8, 4) is 5.75 Å². The molecule has 5 rings (SSSR count). The van der Waals surface area contributed by atoms with Crippen LogP contribution in [0.5, 0.6) is 5.75 Å². The molecule has 10 nitrogen and oxygen atoms in total. The quantitative estimate of drug-likeness (QED) is 0.561. The third-order valence-corrected chi connectivity index (χ3v) is 6.52. The van der Waals surface area contributed by atoms with Gasteiger partial charge >= 0.3 is 6.09 Å². The van der Waals surface area contributed by atoms with Crippen LogP contribution in [0.4, 0.5) is 16.7 Å². The van der Waals surface area contributed by atoms with Gasteiger partial charge in [0.1, 0.15) is 23.2 Å². The van der Waals surface area contributed by atoms with Crippen LogP contribution in [0, 0.1) is 6.92 Å². The number of hydrogen-bond donors (Lipinski definition) is 2. The smallest absolute Gasteiger partial charge is 0.417 e. The zero-order chi connectivity index (χ0) is 23.3. The van der Waals surface area contributed by atoms with Crippen LogP contribution in [0.2, 0.25) is 5.02 Å². The second kappa shape index (κ2) is 7.87. The molecule has 11 heteroatoms. The lowest BCUT2D eigenvalue weighted by molar-refractivity contribution is 0.178. The highest BCUT2D eigenvalue weighted by Gasteiger charge is 2.47. The van der Waals surface area contributed by atoms with Crippen LogP contribution in [-0.4, -0.2) is 45.8 Å². The van der Waals surface area contributed by atoms with Crippen LogP contribution in [0.1, 0.15) is 37.6 Å². The predicted octanol–water partition coefficient (Wildman–Crippen LogP) is 3.52. The van der Waals surface area contributed by atoms with Gasteiger partial charge in [-0.25, -0.2) is 9.69 Å². The Bertz CT molecular complexity index is 1320. The summed E-state index contributed by atoms with van der Waals surface area (Å²) < 4.78 is 10.4. The Labute approximate surface area is 194 Å². The number of cyclic esters (lactones) is 1. The highest BCUT2D eigenvalue weighted by Crippen LogP contribution is 2.47. The monoisotopic (exact) mass is 470 g/mol. The number of benzene rings is 1. The van der Waals surface area contributed by atoms with Gasteiger partial charge in [0.15, 0.2) is 0 Å². The summed E-state index contributed by atoms with van der Waals surface area (Å²) in [5, 5.41) is 4.47. The SMILES string of the molecule is CC[C@H]1COC(=O)N1c1nc(C)nc(NC2(c3cc4ccc(OC)c(Cl)c4[nH]c3=O)CC2)n1. The van der Waals surface area contributed by atoms with Crippen LogP contribution in [0.3, 0.4) is 0 Å². The number of aromatic amines is 1. The third-order valence-electron chi connectivity index (χ3n) is 6.14. The minimum absolute atomic E-state index is 0.132. The van der Waals surface area contributed by atoms with Gasteiger partial charge in [0, 0.05) is 10.9 Å². The minimum Gasteiger partial charge on any atom is -0.495 e. The number of rotatable bonds is 6. The number of methoxy groups -OCH3 is 1. The second-order valence-corrected chi connectivity index (χ2v) is 8.66. The number of anilines is 2. The van der Waals surface area contributed by atoms with E-state index in [9.17, 15) is 9.59 Å². The summed E-state index contributed by atoms with van der Waals surface area (Å²) in [4.78, 5) is 42.8. The van der Waals surface area contributed by atoms with Crippen LogP contribution >= 0.6 is 11.6 Å². The first-order valence-corrected chi connectivity index (χ1v) is 11.1. The summed E-state index contributed by atoms with van der Waals surface area (Å²) in [7, 11) is 1.53. The van der Waals surface area contributed by atoms with E-state index in [0.29, 0.717) is 46.7 Å². The van der Waals surface area contributed by atoms with E-state index in [1.807, 2.05) is 19.1 Å². The van der Waals surface area contributed by atoms with Gasteiger partial charge < -0.3 is 19.8 Å². The maximum absolute atomic E-state index is 13.0. The maximum Gasteiger partial charge on any atom is 0.417 e. The second-order valence-electron chi connectivity index (χ2n) is 8.28. The summed E-state index contributed by atoms with van der Waals surface area (Å²) in [6.45, 7) is 4.00. The molecule has 1 aliphatic heterocycles. The Morgan fingerprint density at radius 2 is 2.09 bits per heavy atom. The summed E-state index contributed by atoms with van der Waals surface area (Å²) >= 11 is 6.38. The number of amides is 1. The summed E-state index contributed by atoms with van der Waals surface area (Å²) in [5.74, 6) is 1.49. The molecule has 3 aromatic rings. The lowest BCUT2D eigenvalue weighted by Crippen LogP contribution is -2.35. The molecule has 2 aromatic heterocycles. The molecule has 1 amide bonds. The molecule has 1 aromatic carbocycles. The lowest BCUT2D eigenvalue weighted by atomic mass is 10.0. The first-order valence-electron chi connectivity index (χ1n) is 10.7. The molecule has 0 unspecified atom stereocenters. The van der Waals surface area contributed by atoms with Crippen molar-refractivity contribution in [2.24, 2.45) is 0 Å². The van der Waals surface area contributed by atoms with Crippen molar-refractivity contribution in [1.82, 2.24) is 19.9 Å². The fourth-order valence-corrected chi connectivity index (χ4v) is 4.47. The van der Waals surface area contributed by atoms with E-state index < -0.39 is 11.6 Å². The highest BCUT2D eigenvalue weighted by atomic mass is 35.5. The van der Waals surface area contributed by atoms with Crippen LogP contribution in [0.15, 0.2) is 23.0 Å². The Balaban J connectivity index is 1.51. The maximum atomic E-state index is 13.0. The van der Waals surface area contributed by atoms with Crippen molar-refractivity contribution >= 4 is 40.5 Å². The molecule has 2 fully saturated rings. The molecule has 1 aliphatic carbocycles. The molecule has 0 spiro atoms. The van der Waals surface area contributed by atoms with E-state index in [4.69, 9.17) is 21.1 Å². The summed E-state index contributed by atoms with van der Waals surface area (Å²) in [6, 6.07) is 5.32. The van der Waals surface area contributed by atoms with Crippen LogP contribution in [0.25, 0.3) is 10.9 Å². The van der Waals surface area contributed by atoms with Crippen molar-refractivity contribution in [3.05, 3.63) is 45.0 Å². The number of pyridine rings is 1. The highest BCUT2D eigenvalue weighted by molar-refractivity contribution is 6.36. The van der Waals surface area contributed by atoms with Gasteiger partial charge in [0.2, 0.25) is 11.9 Å². The zero-order valence-electron chi connectivity index (χ0n) is 18.4. The normalized spacial score (nSPS) is 19.0. The van der Waals surface area contributed by atoms with Crippen LogP contribution < -0.4 is 20.5 Å². The van der Waals surface area contributed by atoms with Gasteiger partial charge in [0.05, 0.1) is 24.2 Å². The average molecular weight is 471 g/mol. The molecule has 2 N–H and O–H groups in total. The van der Waals surface area contributed by atoms with Gasteiger partial charge in [-0.2, -0.15) is 15.0 Å². The van der Waals surface area contributed by atoms with Gasteiger partial charge in [-0.1, -0.05) is 18.5 Å². The largest absolute Gasteiger partial charge is 0.495 e. The number of nitrogens with one attached hydrogen (secondary N) is 2. The van der Waals surface area contributed by atoms with Crippen molar-refractivity contribution in [1.29, 1.82) is 0 Å². The number of carbonyl (C=O) groups excluding carboxylic acids is 1. The molecule has 1 saturated carbocycles. The topological polar surface area (TPSA) is 122 Å². The van der Waals surface area contributed by atoms with E-state index in [-0.39, 0.29) is 17.5 Å². The van der Waals surface area contributed by atoms with E-state index in [1.165, 1.54) is 12.0 Å². The molecular weight excluding hydrogens is 448 g/mol. The molecule has 2 aliphatic rings.